The summed E-state index contributed by atoms with van der Waals surface area (Å²) >= 11 is 6.04. The van der Waals surface area contributed by atoms with Crippen molar-refractivity contribution >= 4 is 23.4 Å². The molecule has 2 aromatic carbocycles. The molecular formula is C16H13ClO3. The number of halogens is 1. The van der Waals surface area contributed by atoms with Crippen molar-refractivity contribution in [3.8, 4) is 0 Å². The molecule has 0 aliphatic heterocycles. The van der Waals surface area contributed by atoms with Gasteiger partial charge in [-0.3, -0.25) is 4.79 Å². The largest absolute Gasteiger partial charge is 0.438 e. The van der Waals surface area contributed by atoms with Gasteiger partial charge in [0, 0.05) is 11.1 Å². The van der Waals surface area contributed by atoms with Crippen molar-refractivity contribution in [3.63, 3.8) is 0 Å². The van der Waals surface area contributed by atoms with E-state index in [1.807, 2.05) is 18.2 Å². The minimum atomic E-state index is -0.837. The standard InChI is InChI=1S/C16H13ClO3/c1-11(18)12-7-9-14(10-8-12)16(19)20-15(17)13-5-3-2-4-6-13/h2-10,15H,1H3. The van der Waals surface area contributed by atoms with Gasteiger partial charge in [0.15, 0.2) is 5.78 Å². The van der Waals surface area contributed by atoms with Gasteiger partial charge in [-0.2, -0.15) is 0 Å². The van der Waals surface area contributed by atoms with Crippen molar-refractivity contribution in [2.75, 3.05) is 0 Å². The van der Waals surface area contributed by atoms with Crippen molar-refractivity contribution in [3.05, 3.63) is 71.3 Å². The number of esters is 1. The van der Waals surface area contributed by atoms with Gasteiger partial charge in [-0.15, -0.1) is 0 Å². The van der Waals surface area contributed by atoms with Crippen molar-refractivity contribution < 1.29 is 14.3 Å². The third kappa shape index (κ3) is 3.45. The van der Waals surface area contributed by atoms with Crippen LogP contribution >= 0.6 is 11.6 Å². The summed E-state index contributed by atoms with van der Waals surface area (Å²) in [7, 11) is 0. The van der Waals surface area contributed by atoms with E-state index in [4.69, 9.17) is 16.3 Å². The van der Waals surface area contributed by atoms with E-state index in [1.54, 1.807) is 36.4 Å². The summed E-state index contributed by atoms with van der Waals surface area (Å²) in [5.74, 6) is -0.576. The van der Waals surface area contributed by atoms with E-state index in [1.165, 1.54) is 6.92 Å². The van der Waals surface area contributed by atoms with Crippen molar-refractivity contribution in [1.82, 2.24) is 0 Å². The molecule has 2 rings (SSSR count). The molecule has 0 fully saturated rings. The number of ether oxygens (including phenoxy) is 1. The minimum absolute atomic E-state index is 0.0515. The summed E-state index contributed by atoms with van der Waals surface area (Å²) in [4.78, 5) is 23.1. The molecule has 0 N–H and O–H groups in total. The second-order valence-corrected chi connectivity index (χ2v) is 4.66. The second kappa shape index (κ2) is 6.35. The van der Waals surface area contributed by atoms with Crippen LogP contribution in [0, 0.1) is 0 Å². The number of ketones is 1. The summed E-state index contributed by atoms with van der Waals surface area (Å²) in [5, 5.41) is 0. The minimum Gasteiger partial charge on any atom is -0.438 e. The summed E-state index contributed by atoms with van der Waals surface area (Å²) in [5.41, 5.74) is 0.780. The van der Waals surface area contributed by atoms with Gasteiger partial charge in [0.25, 0.3) is 0 Å². The Labute approximate surface area is 122 Å². The lowest BCUT2D eigenvalue weighted by atomic mass is 10.1. The monoisotopic (exact) mass is 288 g/mol. The van der Waals surface area contributed by atoms with E-state index in [9.17, 15) is 9.59 Å². The fraction of sp³-hybridized carbons (Fsp3) is 0.125. The summed E-state index contributed by atoms with van der Waals surface area (Å²) in [6.07, 6.45) is 0. The maximum absolute atomic E-state index is 11.9. The Morgan fingerprint density at radius 1 is 0.950 bits per heavy atom. The first-order valence-corrected chi connectivity index (χ1v) is 6.52. The van der Waals surface area contributed by atoms with Crippen LogP contribution in [0.3, 0.4) is 0 Å². The first kappa shape index (κ1) is 14.3. The van der Waals surface area contributed by atoms with Gasteiger partial charge in [-0.1, -0.05) is 54.1 Å². The summed E-state index contributed by atoms with van der Waals surface area (Å²) in [6, 6.07) is 15.3. The van der Waals surface area contributed by atoms with Crippen LogP contribution < -0.4 is 0 Å². The van der Waals surface area contributed by atoms with Crippen LogP contribution in [0.1, 0.15) is 38.8 Å². The number of hydrogen-bond donors (Lipinski definition) is 0. The van der Waals surface area contributed by atoms with Crippen molar-refractivity contribution in [2.24, 2.45) is 0 Å². The highest BCUT2D eigenvalue weighted by atomic mass is 35.5. The molecule has 1 atom stereocenters. The Morgan fingerprint density at radius 3 is 2.05 bits per heavy atom. The first-order chi connectivity index (χ1) is 9.58. The van der Waals surface area contributed by atoms with Gasteiger partial charge in [-0.05, 0) is 19.1 Å². The third-order valence-electron chi connectivity index (χ3n) is 2.80. The molecule has 0 aliphatic carbocycles. The Balaban J connectivity index is 2.06. The molecular weight excluding hydrogens is 276 g/mol. The van der Waals surface area contributed by atoms with Gasteiger partial charge in [0.2, 0.25) is 5.56 Å². The number of hydrogen-bond acceptors (Lipinski definition) is 3. The van der Waals surface area contributed by atoms with Crippen LogP contribution in [0.4, 0.5) is 0 Å². The summed E-state index contributed by atoms with van der Waals surface area (Å²) < 4.78 is 5.16. The topological polar surface area (TPSA) is 43.4 Å². The number of Topliss-reactive ketones (excluding diaryl/α,β-unsaturated/α-hetero) is 1. The second-order valence-electron chi connectivity index (χ2n) is 4.27. The van der Waals surface area contributed by atoms with Crippen LogP contribution in [0.15, 0.2) is 54.6 Å². The van der Waals surface area contributed by atoms with E-state index in [0.29, 0.717) is 16.7 Å². The van der Waals surface area contributed by atoms with Crippen LogP contribution in [0.2, 0.25) is 0 Å². The zero-order chi connectivity index (χ0) is 14.5. The van der Waals surface area contributed by atoms with E-state index < -0.39 is 11.5 Å². The Bertz CT molecular complexity index is 605. The molecule has 0 saturated heterocycles. The summed E-state index contributed by atoms with van der Waals surface area (Å²) in [6.45, 7) is 1.47. The molecule has 0 amide bonds. The third-order valence-corrected chi connectivity index (χ3v) is 3.14. The number of carbonyl (C=O) groups excluding carboxylic acids is 2. The molecule has 0 spiro atoms. The molecule has 102 valence electrons. The van der Waals surface area contributed by atoms with E-state index in [2.05, 4.69) is 0 Å². The fourth-order valence-corrected chi connectivity index (χ4v) is 1.90. The zero-order valence-corrected chi connectivity index (χ0v) is 11.6. The van der Waals surface area contributed by atoms with Gasteiger partial charge < -0.3 is 4.74 Å². The number of benzene rings is 2. The number of carbonyl (C=O) groups is 2. The lowest BCUT2D eigenvalue weighted by Crippen LogP contribution is -2.08. The van der Waals surface area contributed by atoms with E-state index >= 15 is 0 Å². The van der Waals surface area contributed by atoms with Crippen LogP contribution in [-0.4, -0.2) is 11.8 Å². The fourth-order valence-electron chi connectivity index (χ4n) is 1.68. The lowest BCUT2D eigenvalue weighted by Gasteiger charge is -2.11. The molecule has 0 bridgehead atoms. The first-order valence-electron chi connectivity index (χ1n) is 6.09. The molecule has 0 aromatic heterocycles. The average molecular weight is 289 g/mol. The average Bonchev–Trinajstić information content (AvgIpc) is 2.48. The van der Waals surface area contributed by atoms with Crippen LogP contribution in [0.5, 0.6) is 0 Å². The van der Waals surface area contributed by atoms with E-state index in [-0.39, 0.29) is 5.78 Å². The molecule has 0 aliphatic rings. The highest BCUT2D eigenvalue weighted by Crippen LogP contribution is 2.23. The van der Waals surface area contributed by atoms with Crippen molar-refractivity contribution in [1.29, 1.82) is 0 Å². The number of alkyl halides is 1. The zero-order valence-electron chi connectivity index (χ0n) is 10.9. The molecule has 1 unspecified atom stereocenters. The van der Waals surface area contributed by atoms with Crippen LogP contribution in [-0.2, 0) is 4.74 Å². The molecule has 0 saturated carbocycles. The highest BCUT2D eigenvalue weighted by molar-refractivity contribution is 6.20. The Morgan fingerprint density at radius 2 is 1.50 bits per heavy atom. The quantitative estimate of drug-likeness (QED) is 0.485. The molecule has 0 heterocycles. The van der Waals surface area contributed by atoms with Gasteiger partial charge >= 0.3 is 5.97 Å². The molecule has 3 nitrogen and oxygen atoms in total. The maximum atomic E-state index is 11.9. The van der Waals surface area contributed by atoms with Gasteiger partial charge in [0.05, 0.1) is 5.56 Å². The van der Waals surface area contributed by atoms with Crippen LogP contribution in [0.25, 0.3) is 0 Å². The highest BCUT2D eigenvalue weighted by Gasteiger charge is 2.15. The predicted molar refractivity (Wildman–Crippen MR) is 76.9 cm³/mol. The Kier molecular flexibility index (Phi) is 4.53. The smallest absolute Gasteiger partial charge is 0.339 e. The normalized spacial score (nSPS) is 11.7. The predicted octanol–water partition coefficient (Wildman–Crippen LogP) is 3.98. The molecule has 4 heteroatoms. The Hall–Kier alpha value is -2.13. The molecule has 2 aromatic rings. The van der Waals surface area contributed by atoms with Gasteiger partial charge in [0.1, 0.15) is 0 Å². The molecule has 20 heavy (non-hydrogen) atoms. The van der Waals surface area contributed by atoms with Crippen molar-refractivity contribution in [2.45, 2.75) is 12.5 Å². The lowest BCUT2D eigenvalue weighted by molar-refractivity contribution is 0.0446. The van der Waals surface area contributed by atoms with E-state index in [0.717, 1.165) is 0 Å². The SMILES string of the molecule is CC(=O)c1ccc(C(=O)OC(Cl)c2ccccc2)cc1. The number of rotatable bonds is 4. The molecule has 0 radical (unpaired) electrons. The maximum Gasteiger partial charge on any atom is 0.339 e. The van der Waals surface area contributed by atoms with Gasteiger partial charge in [-0.25, -0.2) is 4.79 Å².